The number of anilines is 1. The minimum Gasteiger partial charge on any atom is -0.495 e. The predicted octanol–water partition coefficient (Wildman–Crippen LogP) is 3.35. The summed E-state index contributed by atoms with van der Waals surface area (Å²) in [7, 11) is 1.60. The van der Waals surface area contributed by atoms with E-state index >= 15 is 0 Å². The number of rotatable bonds is 4. The molecule has 0 aliphatic heterocycles. The number of aromatic nitrogens is 2. The average molecular weight is 266 g/mol. The Morgan fingerprint density at radius 1 is 1.39 bits per heavy atom. The molecule has 0 saturated carbocycles. The molecule has 96 valence electrons. The fourth-order valence-electron chi connectivity index (χ4n) is 1.68. The minimum absolute atomic E-state index is 0.319. The van der Waals surface area contributed by atoms with E-state index in [-0.39, 0.29) is 0 Å². The van der Waals surface area contributed by atoms with Gasteiger partial charge in [-0.25, -0.2) is 4.98 Å². The van der Waals surface area contributed by atoms with Crippen LogP contribution in [0.3, 0.4) is 0 Å². The quantitative estimate of drug-likeness (QED) is 0.921. The highest BCUT2D eigenvalue weighted by Gasteiger charge is 2.08. The molecule has 1 N–H and O–H groups in total. The van der Waals surface area contributed by atoms with E-state index in [2.05, 4.69) is 24.1 Å². The van der Waals surface area contributed by atoms with Crippen molar-refractivity contribution in [1.82, 2.24) is 9.55 Å². The molecule has 5 heteroatoms. The molecule has 0 fully saturated rings. The van der Waals surface area contributed by atoms with E-state index in [0.29, 0.717) is 16.8 Å². The number of hydrogen-bond donors (Lipinski definition) is 1. The maximum atomic E-state index is 6.13. The lowest BCUT2D eigenvalue weighted by molar-refractivity contribution is 0.415. The Morgan fingerprint density at radius 3 is 2.78 bits per heavy atom. The van der Waals surface area contributed by atoms with E-state index in [0.717, 1.165) is 11.6 Å². The van der Waals surface area contributed by atoms with E-state index in [9.17, 15) is 0 Å². The van der Waals surface area contributed by atoms with Gasteiger partial charge in [0.05, 0.1) is 17.8 Å². The Labute approximate surface area is 112 Å². The first-order valence-electron chi connectivity index (χ1n) is 5.75. The third-order valence-electron chi connectivity index (χ3n) is 2.47. The number of benzene rings is 1. The van der Waals surface area contributed by atoms with Gasteiger partial charge in [-0.05, 0) is 32.0 Å². The molecule has 2 aromatic rings. The normalized spacial score (nSPS) is 10.7. The minimum atomic E-state index is 0.319. The van der Waals surface area contributed by atoms with Crippen LogP contribution in [-0.2, 0) is 0 Å². The molecule has 0 spiro atoms. The molecule has 0 radical (unpaired) electrons. The maximum absolute atomic E-state index is 6.13. The summed E-state index contributed by atoms with van der Waals surface area (Å²) in [6, 6.07) is 5.96. The summed E-state index contributed by atoms with van der Waals surface area (Å²) >= 11 is 6.13. The fraction of sp³-hybridized carbons (Fsp3) is 0.308. The van der Waals surface area contributed by atoms with E-state index in [1.54, 1.807) is 13.3 Å². The highest BCUT2D eigenvalue weighted by atomic mass is 35.5. The van der Waals surface area contributed by atoms with Crippen LogP contribution in [0, 0.1) is 0 Å². The summed E-state index contributed by atoms with van der Waals surface area (Å²) in [4.78, 5) is 4.28. The van der Waals surface area contributed by atoms with Gasteiger partial charge in [-0.3, -0.25) is 4.57 Å². The van der Waals surface area contributed by atoms with Crippen LogP contribution in [0.2, 0.25) is 5.02 Å². The van der Waals surface area contributed by atoms with Crippen LogP contribution in [-0.4, -0.2) is 22.7 Å². The van der Waals surface area contributed by atoms with Crippen LogP contribution in [0.15, 0.2) is 30.6 Å². The molecular formula is C13H16ClN3O. The zero-order valence-electron chi connectivity index (χ0n) is 10.6. The smallest absolute Gasteiger partial charge is 0.207 e. The molecule has 1 heterocycles. The number of ether oxygens (including phenoxy) is 1. The molecule has 0 atom stereocenters. The molecule has 0 unspecified atom stereocenters. The molecule has 0 aliphatic rings. The highest BCUT2D eigenvalue weighted by Crippen LogP contribution is 2.27. The molecule has 0 bridgehead atoms. The zero-order chi connectivity index (χ0) is 13.1. The fourth-order valence-corrected chi connectivity index (χ4v) is 1.93. The molecule has 0 amide bonds. The van der Waals surface area contributed by atoms with Crippen LogP contribution < -0.4 is 10.1 Å². The molecule has 2 rings (SSSR count). The van der Waals surface area contributed by atoms with Gasteiger partial charge in [0.2, 0.25) is 5.95 Å². The van der Waals surface area contributed by atoms with Gasteiger partial charge in [0, 0.05) is 18.4 Å². The number of halogens is 1. The second-order valence-corrected chi connectivity index (χ2v) is 4.65. The van der Waals surface area contributed by atoms with Crippen LogP contribution in [0.25, 0.3) is 5.69 Å². The van der Waals surface area contributed by atoms with Crippen molar-refractivity contribution in [3.8, 4) is 11.4 Å². The topological polar surface area (TPSA) is 39.1 Å². The lowest BCUT2D eigenvalue weighted by atomic mass is 10.3. The number of imidazole rings is 1. The largest absolute Gasteiger partial charge is 0.495 e. The summed E-state index contributed by atoms with van der Waals surface area (Å²) in [6.07, 6.45) is 3.64. The molecule has 1 aromatic carbocycles. The Hall–Kier alpha value is -1.68. The van der Waals surface area contributed by atoms with Gasteiger partial charge in [0.15, 0.2) is 0 Å². The highest BCUT2D eigenvalue weighted by molar-refractivity contribution is 6.32. The lowest BCUT2D eigenvalue weighted by Gasteiger charge is -2.13. The zero-order valence-corrected chi connectivity index (χ0v) is 11.4. The Kier molecular flexibility index (Phi) is 3.77. The summed E-state index contributed by atoms with van der Waals surface area (Å²) in [5.41, 5.74) is 0.946. The first-order chi connectivity index (χ1) is 8.61. The second-order valence-electron chi connectivity index (χ2n) is 4.24. The van der Waals surface area contributed by atoms with Crippen LogP contribution >= 0.6 is 11.6 Å². The number of nitrogens with one attached hydrogen (secondary N) is 1. The number of nitrogens with zero attached hydrogens (tertiary/aromatic N) is 2. The molecule has 4 nitrogen and oxygen atoms in total. The van der Waals surface area contributed by atoms with Gasteiger partial charge in [-0.1, -0.05) is 11.6 Å². The predicted molar refractivity (Wildman–Crippen MR) is 73.9 cm³/mol. The van der Waals surface area contributed by atoms with Crippen molar-refractivity contribution in [1.29, 1.82) is 0 Å². The van der Waals surface area contributed by atoms with Crippen LogP contribution in [0.5, 0.6) is 5.75 Å². The Bertz CT molecular complexity index is 537. The molecule has 18 heavy (non-hydrogen) atoms. The second kappa shape index (κ2) is 5.31. The third kappa shape index (κ3) is 2.59. The van der Waals surface area contributed by atoms with Crippen LogP contribution in [0.4, 0.5) is 5.95 Å². The van der Waals surface area contributed by atoms with Gasteiger partial charge in [-0.2, -0.15) is 0 Å². The van der Waals surface area contributed by atoms with E-state index < -0.39 is 0 Å². The molecule has 0 aliphatic carbocycles. The van der Waals surface area contributed by atoms with Gasteiger partial charge in [-0.15, -0.1) is 0 Å². The molecule has 0 saturated heterocycles. The Morgan fingerprint density at radius 2 is 2.17 bits per heavy atom. The summed E-state index contributed by atoms with van der Waals surface area (Å²) < 4.78 is 7.09. The van der Waals surface area contributed by atoms with Crippen molar-refractivity contribution >= 4 is 17.5 Å². The molecular weight excluding hydrogens is 250 g/mol. The number of methoxy groups -OCH3 is 1. The van der Waals surface area contributed by atoms with Gasteiger partial charge >= 0.3 is 0 Å². The van der Waals surface area contributed by atoms with E-state index in [1.165, 1.54) is 0 Å². The SMILES string of the molecule is COc1ccc(-n2ccnc2NC(C)C)cc1Cl. The number of hydrogen-bond acceptors (Lipinski definition) is 3. The summed E-state index contributed by atoms with van der Waals surface area (Å²) in [5, 5.41) is 3.86. The van der Waals surface area contributed by atoms with Crippen LogP contribution in [0.1, 0.15) is 13.8 Å². The Balaban J connectivity index is 2.37. The standard InChI is InChI=1S/C13H16ClN3O/c1-9(2)16-13-15-6-7-17(13)10-4-5-12(18-3)11(14)8-10/h4-9H,1-3H3,(H,15,16). The van der Waals surface area contributed by atoms with E-state index in [1.807, 2.05) is 29.0 Å². The summed E-state index contributed by atoms with van der Waals surface area (Å²) in [5.74, 6) is 1.46. The van der Waals surface area contributed by atoms with Crippen molar-refractivity contribution < 1.29 is 4.74 Å². The van der Waals surface area contributed by atoms with Gasteiger partial charge in [0.25, 0.3) is 0 Å². The summed E-state index contributed by atoms with van der Waals surface area (Å²) in [6.45, 7) is 4.14. The van der Waals surface area contributed by atoms with Gasteiger partial charge < -0.3 is 10.1 Å². The lowest BCUT2D eigenvalue weighted by Crippen LogP contribution is -2.13. The maximum Gasteiger partial charge on any atom is 0.207 e. The molecule has 1 aromatic heterocycles. The monoisotopic (exact) mass is 265 g/mol. The van der Waals surface area contributed by atoms with E-state index in [4.69, 9.17) is 16.3 Å². The van der Waals surface area contributed by atoms with Crippen molar-refractivity contribution in [2.75, 3.05) is 12.4 Å². The van der Waals surface area contributed by atoms with Crippen molar-refractivity contribution in [3.05, 3.63) is 35.6 Å². The van der Waals surface area contributed by atoms with Gasteiger partial charge in [0.1, 0.15) is 5.75 Å². The first-order valence-corrected chi connectivity index (χ1v) is 6.13. The van der Waals surface area contributed by atoms with Crippen molar-refractivity contribution in [2.45, 2.75) is 19.9 Å². The first kappa shape index (κ1) is 12.8. The average Bonchev–Trinajstić information content (AvgIpc) is 2.76. The van der Waals surface area contributed by atoms with Crippen molar-refractivity contribution in [3.63, 3.8) is 0 Å². The van der Waals surface area contributed by atoms with Crippen molar-refractivity contribution in [2.24, 2.45) is 0 Å². The third-order valence-corrected chi connectivity index (χ3v) is 2.77.